The van der Waals surface area contributed by atoms with Gasteiger partial charge in [0.1, 0.15) is 0 Å². The molecule has 0 aliphatic carbocycles. The Morgan fingerprint density at radius 2 is 1.67 bits per heavy atom. The second-order valence-corrected chi connectivity index (χ2v) is 15.0. The van der Waals surface area contributed by atoms with Gasteiger partial charge in [0.2, 0.25) is 0 Å². The first kappa shape index (κ1) is 12.2. The van der Waals surface area contributed by atoms with E-state index in [4.69, 9.17) is 0 Å². The zero-order chi connectivity index (χ0) is 12.2. The zero-order valence-electron chi connectivity index (χ0n) is 9.91. The number of para-hydroxylation sites is 1. The molecule has 0 fully saturated rings. The predicted octanol–water partition coefficient (Wildman–Crippen LogP) is 3.65. The van der Waals surface area contributed by atoms with Gasteiger partial charge in [0.05, 0.1) is 0 Å². The molecule has 2 aromatic carbocycles. The van der Waals surface area contributed by atoms with Gasteiger partial charge < -0.3 is 0 Å². The van der Waals surface area contributed by atoms with Crippen LogP contribution in [0.1, 0.15) is 0 Å². The average molecular weight is 438 g/mol. The van der Waals surface area contributed by atoms with Gasteiger partial charge in [-0.3, -0.25) is 0 Å². The number of rotatable bonds is 3. The van der Waals surface area contributed by atoms with Crippen LogP contribution in [0.5, 0.6) is 0 Å². The van der Waals surface area contributed by atoms with Crippen molar-refractivity contribution in [2.75, 3.05) is 0 Å². The molecule has 0 radical (unpaired) electrons. The fourth-order valence-electron chi connectivity index (χ4n) is 1.93. The normalized spacial score (nSPS) is 10.2. The van der Waals surface area contributed by atoms with Crippen LogP contribution in [0, 0.1) is 0 Å². The molecule has 1 heterocycles. The summed E-state index contributed by atoms with van der Waals surface area (Å²) in [5, 5.41) is 1.24. The van der Waals surface area contributed by atoms with Gasteiger partial charge in [0.15, 0.2) is 0 Å². The first-order chi connectivity index (χ1) is 8.93. The summed E-state index contributed by atoms with van der Waals surface area (Å²) in [6, 6.07) is 21.5. The fraction of sp³-hybridized carbons (Fsp3) is 0. The first-order valence-electron chi connectivity index (χ1n) is 5.94. The van der Waals surface area contributed by atoms with E-state index in [2.05, 4.69) is 67.8 Å². The number of benzene rings is 2. The molecular formula is C15H11HgNS. The second-order valence-electron chi connectivity index (χ2n) is 4.11. The van der Waals surface area contributed by atoms with Crippen LogP contribution >= 0.6 is 8.24 Å². The Kier molecular flexibility index (Phi) is 3.96. The van der Waals surface area contributed by atoms with E-state index in [9.17, 15) is 0 Å². The number of hydrogen-bond donors (Lipinski definition) is 0. The third-order valence-electron chi connectivity index (χ3n) is 2.83. The van der Waals surface area contributed by atoms with Crippen molar-refractivity contribution < 1.29 is 23.1 Å². The van der Waals surface area contributed by atoms with Gasteiger partial charge >= 0.3 is 122 Å². The summed E-state index contributed by atoms with van der Waals surface area (Å²) in [6.07, 6.45) is 1.88. The molecular weight excluding hydrogens is 427 g/mol. The number of nitrogens with zero attached hydrogens (tertiary/aromatic N) is 1. The third kappa shape index (κ3) is 2.75. The molecule has 0 atom stereocenters. The molecule has 3 rings (SSSR count). The molecule has 1 nitrogen and oxygen atoms in total. The van der Waals surface area contributed by atoms with Crippen LogP contribution < -0.4 is 3.07 Å². The van der Waals surface area contributed by atoms with Gasteiger partial charge in [-0.15, -0.1) is 0 Å². The van der Waals surface area contributed by atoms with Crippen LogP contribution in [0.3, 0.4) is 0 Å². The SMILES string of the molecule is c1cc[c]([Hg][S]c2cccc3cccnc23)cc1. The zero-order valence-corrected chi connectivity index (χ0v) is 16.2. The van der Waals surface area contributed by atoms with Crippen LogP contribution in [0.25, 0.3) is 10.9 Å². The van der Waals surface area contributed by atoms with Crippen molar-refractivity contribution in [3.05, 3.63) is 66.9 Å². The van der Waals surface area contributed by atoms with E-state index in [-0.39, 0.29) is 0 Å². The van der Waals surface area contributed by atoms with Crippen LogP contribution in [0.15, 0.2) is 71.8 Å². The Balaban J connectivity index is 1.87. The predicted molar refractivity (Wildman–Crippen MR) is 73.7 cm³/mol. The van der Waals surface area contributed by atoms with Crippen molar-refractivity contribution in [1.82, 2.24) is 4.98 Å². The average Bonchev–Trinajstić information content (AvgIpc) is 2.46. The number of aromatic nitrogens is 1. The van der Waals surface area contributed by atoms with E-state index in [0.717, 1.165) is 5.52 Å². The second kappa shape index (κ2) is 5.85. The van der Waals surface area contributed by atoms with E-state index < -0.39 is 23.1 Å². The van der Waals surface area contributed by atoms with Gasteiger partial charge in [0.25, 0.3) is 0 Å². The molecule has 0 spiro atoms. The van der Waals surface area contributed by atoms with Gasteiger partial charge in [-0.2, -0.15) is 0 Å². The molecule has 0 N–H and O–H groups in total. The number of pyridine rings is 1. The van der Waals surface area contributed by atoms with E-state index in [1.54, 1.807) is 3.07 Å². The van der Waals surface area contributed by atoms with Crippen LogP contribution in [0.2, 0.25) is 0 Å². The quantitative estimate of drug-likeness (QED) is 0.580. The van der Waals surface area contributed by atoms with Gasteiger partial charge in [-0.05, 0) is 0 Å². The minimum atomic E-state index is -1.10. The molecule has 0 aliphatic heterocycles. The molecule has 0 saturated heterocycles. The summed E-state index contributed by atoms with van der Waals surface area (Å²) in [4.78, 5) is 5.85. The van der Waals surface area contributed by atoms with E-state index in [1.165, 1.54) is 10.3 Å². The monoisotopic (exact) mass is 439 g/mol. The Morgan fingerprint density at radius 3 is 2.56 bits per heavy atom. The van der Waals surface area contributed by atoms with Crippen LogP contribution in [0.4, 0.5) is 0 Å². The summed E-state index contributed by atoms with van der Waals surface area (Å²) in [7, 11) is 2.06. The molecule has 0 aliphatic rings. The summed E-state index contributed by atoms with van der Waals surface area (Å²) >= 11 is -1.10. The van der Waals surface area contributed by atoms with Crippen LogP contribution in [-0.2, 0) is 23.1 Å². The molecule has 84 valence electrons. The van der Waals surface area contributed by atoms with Crippen molar-refractivity contribution in [2.24, 2.45) is 0 Å². The van der Waals surface area contributed by atoms with Crippen LogP contribution in [-0.4, -0.2) is 4.98 Å². The molecule has 3 aromatic rings. The van der Waals surface area contributed by atoms with Gasteiger partial charge in [-0.1, -0.05) is 0 Å². The Hall–Kier alpha value is -0.865. The van der Waals surface area contributed by atoms with Crippen molar-refractivity contribution in [3.63, 3.8) is 0 Å². The van der Waals surface area contributed by atoms with Gasteiger partial charge in [0, 0.05) is 0 Å². The molecule has 0 unspecified atom stereocenters. The van der Waals surface area contributed by atoms with Crippen molar-refractivity contribution in [3.8, 4) is 0 Å². The molecule has 0 amide bonds. The Labute approximate surface area is 121 Å². The summed E-state index contributed by atoms with van der Waals surface area (Å²) in [5.74, 6) is 0. The van der Waals surface area contributed by atoms with Gasteiger partial charge in [-0.25, -0.2) is 0 Å². The number of hydrogen-bond acceptors (Lipinski definition) is 2. The minimum absolute atomic E-state index is 1.10. The van der Waals surface area contributed by atoms with Crippen molar-refractivity contribution in [1.29, 1.82) is 0 Å². The summed E-state index contributed by atoms with van der Waals surface area (Å²) in [5.41, 5.74) is 1.15. The Bertz CT molecular complexity index is 649. The van der Waals surface area contributed by atoms with Crippen molar-refractivity contribution >= 4 is 22.2 Å². The van der Waals surface area contributed by atoms with E-state index in [1.807, 2.05) is 12.3 Å². The standard InChI is InChI=1S/C9H7NS.C6H5.Hg/c11-8-5-1-3-7-4-2-6-10-9(7)8;1-2-4-6-5-3-1;/h1-6,11H;1-5H;/q;;+1/p-1. The fourth-order valence-corrected chi connectivity index (χ4v) is 12.7. The third-order valence-corrected chi connectivity index (χ3v) is 15.0. The first-order valence-corrected chi connectivity index (χ1v) is 16.4. The molecule has 0 saturated carbocycles. The van der Waals surface area contributed by atoms with E-state index >= 15 is 0 Å². The molecule has 18 heavy (non-hydrogen) atoms. The Morgan fingerprint density at radius 1 is 0.833 bits per heavy atom. The van der Waals surface area contributed by atoms with Crippen molar-refractivity contribution in [2.45, 2.75) is 4.90 Å². The summed E-state index contributed by atoms with van der Waals surface area (Å²) < 4.78 is 1.57. The number of fused-ring (bicyclic) bond motifs is 1. The topological polar surface area (TPSA) is 12.9 Å². The molecule has 1 aromatic heterocycles. The molecule has 3 heteroatoms. The summed E-state index contributed by atoms with van der Waals surface area (Å²) in [6.45, 7) is 0. The molecule has 0 bridgehead atoms. The van der Waals surface area contributed by atoms with E-state index in [0.29, 0.717) is 0 Å². The maximum atomic E-state index is 4.51. The maximum absolute atomic E-state index is 4.51.